The zero-order valence-electron chi connectivity index (χ0n) is 15.3. The van der Waals surface area contributed by atoms with E-state index >= 15 is 0 Å². The number of anilines is 1. The molecule has 24 heavy (non-hydrogen) atoms. The number of nitrogens with zero attached hydrogens (tertiary/aromatic N) is 1. The van der Waals surface area contributed by atoms with Gasteiger partial charge in [-0.05, 0) is 70.5 Å². The van der Waals surface area contributed by atoms with Gasteiger partial charge in [-0.3, -0.25) is 4.79 Å². The number of nitrogens with one attached hydrogen (secondary N) is 1. The van der Waals surface area contributed by atoms with E-state index in [1.54, 1.807) is 0 Å². The number of likely N-dealkylation sites (N-methyl/N-ethyl adjacent to an activating group) is 1. The van der Waals surface area contributed by atoms with Gasteiger partial charge >= 0.3 is 0 Å². The molecular formula is C19H30N2O3. The number of benzene rings is 1. The molecule has 0 aliphatic heterocycles. The van der Waals surface area contributed by atoms with Crippen molar-refractivity contribution in [2.45, 2.75) is 38.7 Å². The maximum absolute atomic E-state index is 12.7. The van der Waals surface area contributed by atoms with Gasteiger partial charge < -0.3 is 19.7 Å². The Hall–Kier alpha value is -1.59. The normalized spacial score (nSPS) is 16.7. The zero-order chi connectivity index (χ0) is 17.6. The molecule has 1 N–H and O–H groups in total. The molecule has 1 aromatic rings. The van der Waals surface area contributed by atoms with Crippen LogP contribution in [0.25, 0.3) is 0 Å². The summed E-state index contributed by atoms with van der Waals surface area (Å²) in [6.07, 6.45) is 3.03. The summed E-state index contributed by atoms with van der Waals surface area (Å²) >= 11 is 0. The van der Waals surface area contributed by atoms with Crippen LogP contribution < -0.4 is 10.1 Å². The Morgan fingerprint density at radius 2 is 1.92 bits per heavy atom. The second-order valence-corrected chi connectivity index (χ2v) is 6.86. The average Bonchev–Trinajstić information content (AvgIpc) is 3.39. The predicted octanol–water partition coefficient (Wildman–Crippen LogP) is 3.16. The second-order valence-electron chi connectivity index (χ2n) is 6.86. The molecule has 5 nitrogen and oxygen atoms in total. The van der Waals surface area contributed by atoms with Crippen LogP contribution in [0.3, 0.4) is 0 Å². The molecule has 1 amide bonds. The van der Waals surface area contributed by atoms with Gasteiger partial charge in [0.25, 0.3) is 5.91 Å². The van der Waals surface area contributed by atoms with Gasteiger partial charge in [-0.15, -0.1) is 0 Å². The Kier molecular flexibility index (Phi) is 6.63. The van der Waals surface area contributed by atoms with E-state index in [-0.39, 0.29) is 5.91 Å². The van der Waals surface area contributed by atoms with Crippen LogP contribution in [0.5, 0.6) is 5.75 Å². The summed E-state index contributed by atoms with van der Waals surface area (Å²) in [7, 11) is 4.03. The molecule has 1 aliphatic carbocycles. The lowest BCUT2D eigenvalue weighted by atomic mass is 9.98. The predicted molar refractivity (Wildman–Crippen MR) is 96.5 cm³/mol. The summed E-state index contributed by atoms with van der Waals surface area (Å²) in [6.45, 7) is 6.09. The van der Waals surface area contributed by atoms with Crippen LogP contribution in [-0.2, 0) is 9.53 Å². The van der Waals surface area contributed by atoms with Crippen molar-refractivity contribution in [3.05, 3.63) is 24.3 Å². The Morgan fingerprint density at radius 1 is 1.25 bits per heavy atom. The van der Waals surface area contributed by atoms with Gasteiger partial charge in [0.05, 0.1) is 0 Å². The summed E-state index contributed by atoms with van der Waals surface area (Å²) in [5.41, 5.74) is 0.0450. The van der Waals surface area contributed by atoms with Crippen molar-refractivity contribution in [1.29, 1.82) is 0 Å². The number of amides is 1. The Balaban J connectivity index is 1.90. The van der Waals surface area contributed by atoms with E-state index in [9.17, 15) is 4.79 Å². The van der Waals surface area contributed by atoms with Gasteiger partial charge in [-0.25, -0.2) is 0 Å². The van der Waals surface area contributed by atoms with Crippen molar-refractivity contribution in [2.24, 2.45) is 5.92 Å². The quantitative estimate of drug-likeness (QED) is 0.714. The topological polar surface area (TPSA) is 50.8 Å². The van der Waals surface area contributed by atoms with E-state index in [2.05, 4.69) is 17.1 Å². The molecule has 0 bridgehead atoms. The van der Waals surface area contributed by atoms with Gasteiger partial charge in [0.2, 0.25) is 0 Å². The summed E-state index contributed by atoms with van der Waals surface area (Å²) in [6, 6.07) is 7.51. The molecule has 5 heteroatoms. The van der Waals surface area contributed by atoms with Crippen molar-refractivity contribution in [3.8, 4) is 5.75 Å². The highest BCUT2D eigenvalue weighted by molar-refractivity contribution is 5.97. The largest absolute Gasteiger partial charge is 0.492 e. The fourth-order valence-corrected chi connectivity index (χ4v) is 2.55. The fraction of sp³-hybridized carbons (Fsp3) is 0.632. The van der Waals surface area contributed by atoms with E-state index in [1.807, 2.05) is 45.3 Å². The maximum Gasteiger partial charge on any atom is 0.256 e. The summed E-state index contributed by atoms with van der Waals surface area (Å²) in [4.78, 5) is 14.8. The standard InChI is InChI=1S/C19H30N2O3/c1-5-13-24-19(2,15-6-7-15)18(22)20-16-8-10-17(11-9-16)23-14-12-21(3)4/h8-11,15H,5-7,12-14H2,1-4H3,(H,20,22)/t19-/m1/s1. The van der Waals surface area contributed by atoms with E-state index in [4.69, 9.17) is 9.47 Å². The molecular weight excluding hydrogens is 304 g/mol. The van der Waals surface area contributed by atoms with Gasteiger partial charge in [-0.1, -0.05) is 6.92 Å². The fourth-order valence-electron chi connectivity index (χ4n) is 2.55. The first-order chi connectivity index (χ1) is 11.5. The highest BCUT2D eigenvalue weighted by Crippen LogP contribution is 2.42. The molecule has 0 radical (unpaired) electrons. The second kappa shape index (κ2) is 8.49. The van der Waals surface area contributed by atoms with E-state index < -0.39 is 5.60 Å². The van der Waals surface area contributed by atoms with Crippen LogP contribution in [0.15, 0.2) is 24.3 Å². The highest BCUT2D eigenvalue weighted by atomic mass is 16.5. The van der Waals surface area contributed by atoms with Crippen molar-refractivity contribution in [2.75, 3.05) is 39.2 Å². The van der Waals surface area contributed by atoms with Gasteiger partial charge in [-0.2, -0.15) is 0 Å². The molecule has 0 heterocycles. The molecule has 134 valence electrons. The zero-order valence-corrected chi connectivity index (χ0v) is 15.3. The van der Waals surface area contributed by atoms with Gasteiger partial charge in [0.1, 0.15) is 18.0 Å². The minimum atomic E-state index is -0.725. The van der Waals surface area contributed by atoms with Crippen LogP contribution in [0, 0.1) is 5.92 Å². The van der Waals surface area contributed by atoms with E-state index in [1.165, 1.54) is 0 Å². The lowest BCUT2D eigenvalue weighted by Crippen LogP contribution is -2.45. The number of carbonyl (C=O) groups excluding carboxylic acids is 1. The number of hydrogen-bond acceptors (Lipinski definition) is 4. The SMILES string of the molecule is CCCO[C@@](C)(C(=O)Nc1ccc(OCCN(C)C)cc1)C1CC1. The molecule has 0 spiro atoms. The number of ether oxygens (including phenoxy) is 2. The van der Waals surface area contributed by atoms with Crippen molar-refractivity contribution >= 4 is 11.6 Å². The van der Waals surface area contributed by atoms with Gasteiger partial charge in [0.15, 0.2) is 0 Å². The first-order valence-electron chi connectivity index (χ1n) is 8.78. The van der Waals surface area contributed by atoms with Gasteiger partial charge in [0, 0.05) is 18.8 Å². The highest BCUT2D eigenvalue weighted by Gasteiger charge is 2.48. The van der Waals surface area contributed by atoms with Crippen LogP contribution in [-0.4, -0.2) is 50.3 Å². The lowest BCUT2D eigenvalue weighted by molar-refractivity contribution is -0.142. The third-order valence-electron chi connectivity index (χ3n) is 4.33. The maximum atomic E-state index is 12.7. The molecule has 1 fully saturated rings. The molecule has 2 rings (SSSR count). The first-order valence-corrected chi connectivity index (χ1v) is 8.78. The van der Waals surface area contributed by atoms with Crippen molar-refractivity contribution < 1.29 is 14.3 Å². The van der Waals surface area contributed by atoms with E-state index in [0.29, 0.717) is 19.1 Å². The Labute approximate surface area is 145 Å². The van der Waals surface area contributed by atoms with Crippen LogP contribution in [0.1, 0.15) is 33.1 Å². The first kappa shape index (κ1) is 18.7. The minimum Gasteiger partial charge on any atom is -0.492 e. The summed E-state index contributed by atoms with van der Waals surface area (Å²) in [5, 5.41) is 2.99. The number of rotatable bonds is 10. The number of carbonyl (C=O) groups is 1. The molecule has 1 aliphatic rings. The van der Waals surface area contributed by atoms with Crippen LogP contribution in [0.2, 0.25) is 0 Å². The monoisotopic (exact) mass is 334 g/mol. The average molecular weight is 334 g/mol. The minimum absolute atomic E-state index is 0.0558. The summed E-state index contributed by atoms with van der Waals surface area (Å²) < 4.78 is 11.6. The number of hydrogen-bond donors (Lipinski definition) is 1. The third kappa shape index (κ3) is 5.21. The molecule has 1 aromatic carbocycles. The lowest BCUT2D eigenvalue weighted by Gasteiger charge is -2.28. The van der Waals surface area contributed by atoms with Crippen molar-refractivity contribution in [1.82, 2.24) is 4.90 Å². The van der Waals surface area contributed by atoms with E-state index in [0.717, 1.165) is 37.2 Å². The van der Waals surface area contributed by atoms with Crippen LogP contribution >= 0.6 is 0 Å². The Morgan fingerprint density at radius 3 is 2.46 bits per heavy atom. The third-order valence-corrected chi connectivity index (χ3v) is 4.33. The molecule has 0 aromatic heterocycles. The van der Waals surface area contributed by atoms with Crippen molar-refractivity contribution in [3.63, 3.8) is 0 Å². The smallest absolute Gasteiger partial charge is 0.256 e. The van der Waals surface area contributed by atoms with Crippen LogP contribution in [0.4, 0.5) is 5.69 Å². The molecule has 1 atom stereocenters. The Bertz CT molecular complexity index is 526. The molecule has 0 unspecified atom stereocenters. The molecule has 0 saturated heterocycles. The summed E-state index contributed by atoms with van der Waals surface area (Å²) in [5.74, 6) is 1.08. The molecule has 1 saturated carbocycles.